The van der Waals surface area contributed by atoms with Crippen LogP contribution in [0, 0.1) is 6.92 Å². The molecule has 0 unspecified atom stereocenters. The molecule has 2 aromatic rings. The van der Waals surface area contributed by atoms with Gasteiger partial charge >= 0.3 is 0 Å². The summed E-state index contributed by atoms with van der Waals surface area (Å²) in [5.41, 5.74) is 6.36. The smallest absolute Gasteiger partial charge is 0.255 e. The number of hydrogen-bond acceptors (Lipinski definition) is 5. The number of nitrogens with zero attached hydrogens (tertiary/aromatic N) is 1. The molecule has 2 amide bonds. The summed E-state index contributed by atoms with van der Waals surface area (Å²) < 4.78 is 5.13. The lowest BCUT2D eigenvalue weighted by Crippen LogP contribution is -2.20. The Morgan fingerprint density at radius 1 is 1.36 bits per heavy atom. The number of aromatic nitrogens is 1. The molecule has 0 aliphatic heterocycles. The number of aryl methyl sites for hydroxylation is 1. The van der Waals surface area contributed by atoms with Crippen LogP contribution in [0.5, 0.6) is 5.75 Å². The number of benzene rings is 1. The zero-order valence-corrected chi connectivity index (χ0v) is 12.7. The predicted octanol–water partition coefficient (Wildman–Crippen LogP) is 1.97. The second-order valence-corrected chi connectivity index (χ2v) is 5.46. The topological polar surface area (TPSA) is 94.3 Å². The number of anilines is 1. The first kappa shape index (κ1) is 15.7. The summed E-state index contributed by atoms with van der Waals surface area (Å²) >= 11 is 1.53. The maximum absolute atomic E-state index is 11.8. The van der Waals surface area contributed by atoms with Crippen molar-refractivity contribution < 1.29 is 14.3 Å². The van der Waals surface area contributed by atoms with Gasteiger partial charge in [-0.05, 0) is 37.3 Å². The van der Waals surface area contributed by atoms with Crippen LogP contribution in [0.15, 0.2) is 35.7 Å². The van der Waals surface area contributed by atoms with Crippen molar-refractivity contribution >= 4 is 34.9 Å². The molecule has 0 saturated heterocycles. The monoisotopic (exact) mass is 317 g/mol. The van der Waals surface area contributed by atoms with Crippen molar-refractivity contribution in [3.8, 4) is 5.75 Å². The first-order valence-corrected chi connectivity index (χ1v) is 7.33. The molecule has 1 aromatic carbocycles. The number of amides is 2. The van der Waals surface area contributed by atoms with Crippen molar-refractivity contribution in [2.45, 2.75) is 6.92 Å². The van der Waals surface area contributed by atoms with Gasteiger partial charge in [-0.15, -0.1) is 11.3 Å². The summed E-state index contributed by atoms with van der Waals surface area (Å²) in [7, 11) is 0. The van der Waals surface area contributed by atoms with E-state index in [4.69, 9.17) is 10.5 Å². The Kier molecular flexibility index (Phi) is 5.26. The van der Waals surface area contributed by atoms with Crippen LogP contribution in [-0.2, 0) is 9.59 Å². The molecule has 0 radical (unpaired) electrons. The van der Waals surface area contributed by atoms with E-state index in [2.05, 4.69) is 10.3 Å². The Labute approximate surface area is 131 Å². The molecule has 114 valence electrons. The third kappa shape index (κ3) is 5.02. The number of rotatable bonds is 6. The number of carbonyl (C=O) groups excluding carboxylic acids is 2. The molecule has 3 N–H and O–H groups in total. The average molecular weight is 317 g/mol. The molecule has 0 spiro atoms. The van der Waals surface area contributed by atoms with Crippen molar-refractivity contribution in [3.63, 3.8) is 0 Å². The third-order valence-electron chi connectivity index (χ3n) is 2.55. The third-order valence-corrected chi connectivity index (χ3v) is 3.34. The number of ether oxygens (including phenoxy) is 1. The number of nitrogens with two attached hydrogens (primary N) is 1. The van der Waals surface area contributed by atoms with Gasteiger partial charge in [-0.3, -0.25) is 9.59 Å². The highest BCUT2D eigenvalue weighted by Crippen LogP contribution is 2.16. The van der Waals surface area contributed by atoms with Crippen molar-refractivity contribution in [3.05, 3.63) is 46.4 Å². The molecule has 0 bridgehead atoms. The molecule has 22 heavy (non-hydrogen) atoms. The highest BCUT2D eigenvalue weighted by atomic mass is 32.1. The van der Waals surface area contributed by atoms with Crippen LogP contribution in [-0.4, -0.2) is 23.4 Å². The SMILES string of the molecule is Cc1nc(/C=C/C(=O)Nc2ccc(OCC(N)=O)cc2)cs1. The van der Waals surface area contributed by atoms with Crippen LogP contribution in [0.1, 0.15) is 10.7 Å². The van der Waals surface area contributed by atoms with E-state index in [1.165, 1.54) is 17.4 Å². The largest absolute Gasteiger partial charge is 0.484 e. The summed E-state index contributed by atoms with van der Waals surface area (Å²) in [5.74, 6) is -0.290. The minimum Gasteiger partial charge on any atom is -0.484 e. The fourth-order valence-electron chi connectivity index (χ4n) is 1.59. The Morgan fingerprint density at radius 3 is 2.68 bits per heavy atom. The fraction of sp³-hybridized carbons (Fsp3) is 0.133. The van der Waals surface area contributed by atoms with Gasteiger partial charge in [-0.1, -0.05) is 0 Å². The van der Waals surface area contributed by atoms with E-state index in [9.17, 15) is 9.59 Å². The standard InChI is InChI=1S/C15H15N3O3S/c1-10-17-12(9-22-10)4-7-15(20)18-11-2-5-13(6-3-11)21-8-14(16)19/h2-7,9H,8H2,1H3,(H2,16,19)(H,18,20)/b7-4+. The van der Waals surface area contributed by atoms with E-state index in [-0.39, 0.29) is 12.5 Å². The van der Waals surface area contributed by atoms with Crippen molar-refractivity contribution in [1.29, 1.82) is 0 Å². The van der Waals surface area contributed by atoms with Gasteiger partial charge in [-0.25, -0.2) is 4.98 Å². The van der Waals surface area contributed by atoms with Crippen LogP contribution >= 0.6 is 11.3 Å². The quantitative estimate of drug-likeness (QED) is 0.796. The van der Waals surface area contributed by atoms with E-state index < -0.39 is 5.91 Å². The van der Waals surface area contributed by atoms with E-state index in [0.29, 0.717) is 11.4 Å². The lowest BCUT2D eigenvalue weighted by atomic mass is 10.3. The van der Waals surface area contributed by atoms with Gasteiger partial charge in [0.05, 0.1) is 10.7 Å². The van der Waals surface area contributed by atoms with E-state index in [1.54, 1.807) is 30.3 Å². The number of carbonyl (C=O) groups is 2. The maximum atomic E-state index is 11.8. The minimum atomic E-state index is -0.542. The Hall–Kier alpha value is -2.67. The van der Waals surface area contributed by atoms with Crippen LogP contribution < -0.4 is 15.8 Å². The van der Waals surface area contributed by atoms with Gasteiger partial charge in [0.15, 0.2) is 6.61 Å². The second-order valence-electron chi connectivity index (χ2n) is 4.39. The molecule has 1 heterocycles. The maximum Gasteiger partial charge on any atom is 0.255 e. The number of hydrogen-bond donors (Lipinski definition) is 2. The molecule has 0 aliphatic rings. The predicted molar refractivity (Wildman–Crippen MR) is 85.6 cm³/mol. The van der Waals surface area contributed by atoms with Crippen LogP contribution in [0.2, 0.25) is 0 Å². The van der Waals surface area contributed by atoms with Gasteiger partial charge in [-0.2, -0.15) is 0 Å². The van der Waals surface area contributed by atoms with E-state index in [0.717, 1.165) is 10.7 Å². The van der Waals surface area contributed by atoms with Gasteiger partial charge < -0.3 is 15.8 Å². The molecule has 7 heteroatoms. The second kappa shape index (κ2) is 7.37. The number of thiazole rings is 1. The number of nitrogens with one attached hydrogen (secondary N) is 1. The Morgan fingerprint density at radius 2 is 2.09 bits per heavy atom. The lowest BCUT2D eigenvalue weighted by Gasteiger charge is -2.05. The summed E-state index contributed by atoms with van der Waals surface area (Å²) in [5, 5.41) is 5.54. The van der Waals surface area contributed by atoms with Crippen LogP contribution in [0.3, 0.4) is 0 Å². The molecular weight excluding hydrogens is 302 g/mol. The minimum absolute atomic E-state index is 0.179. The Balaban J connectivity index is 1.88. The highest BCUT2D eigenvalue weighted by molar-refractivity contribution is 7.09. The molecule has 0 saturated carbocycles. The van der Waals surface area contributed by atoms with Gasteiger partial charge in [0.2, 0.25) is 5.91 Å². The molecule has 0 fully saturated rings. The zero-order chi connectivity index (χ0) is 15.9. The summed E-state index contributed by atoms with van der Waals surface area (Å²) in [6.45, 7) is 1.73. The molecule has 2 rings (SSSR count). The Bertz CT molecular complexity index is 692. The van der Waals surface area contributed by atoms with E-state index >= 15 is 0 Å². The lowest BCUT2D eigenvalue weighted by molar-refractivity contribution is -0.120. The van der Waals surface area contributed by atoms with Crippen LogP contribution in [0.4, 0.5) is 5.69 Å². The molecule has 6 nitrogen and oxygen atoms in total. The highest BCUT2D eigenvalue weighted by Gasteiger charge is 2.01. The normalized spacial score (nSPS) is 10.6. The molecule has 0 aliphatic carbocycles. The fourth-order valence-corrected chi connectivity index (χ4v) is 2.17. The van der Waals surface area contributed by atoms with Gasteiger partial charge in [0.1, 0.15) is 5.75 Å². The van der Waals surface area contributed by atoms with Crippen molar-refractivity contribution in [2.75, 3.05) is 11.9 Å². The van der Waals surface area contributed by atoms with Crippen LogP contribution in [0.25, 0.3) is 6.08 Å². The number of primary amides is 1. The molecule has 1 aromatic heterocycles. The van der Waals surface area contributed by atoms with Gasteiger partial charge in [0, 0.05) is 17.1 Å². The summed E-state index contributed by atoms with van der Waals surface area (Å²) in [6.07, 6.45) is 3.08. The molecule has 0 atom stereocenters. The average Bonchev–Trinajstić information content (AvgIpc) is 2.90. The summed E-state index contributed by atoms with van der Waals surface area (Å²) in [4.78, 5) is 26.6. The van der Waals surface area contributed by atoms with Crippen molar-refractivity contribution in [2.24, 2.45) is 5.73 Å². The zero-order valence-electron chi connectivity index (χ0n) is 11.9. The van der Waals surface area contributed by atoms with Gasteiger partial charge in [0.25, 0.3) is 5.91 Å². The molecular formula is C15H15N3O3S. The first-order chi connectivity index (χ1) is 10.5. The van der Waals surface area contributed by atoms with E-state index in [1.807, 2.05) is 12.3 Å². The first-order valence-electron chi connectivity index (χ1n) is 6.45. The summed E-state index contributed by atoms with van der Waals surface area (Å²) in [6, 6.07) is 6.64. The van der Waals surface area contributed by atoms with Crippen molar-refractivity contribution in [1.82, 2.24) is 4.98 Å².